The molecule has 1 aromatic heterocycles. The van der Waals surface area contributed by atoms with Crippen LogP contribution in [0.4, 0.5) is 11.4 Å². The second-order valence-corrected chi connectivity index (χ2v) is 10.2. The zero-order valence-electron chi connectivity index (χ0n) is 21.4. The van der Waals surface area contributed by atoms with Crippen molar-refractivity contribution < 1.29 is 23.6 Å². The van der Waals surface area contributed by atoms with Gasteiger partial charge in [0.15, 0.2) is 5.76 Å². The Hall–Kier alpha value is -4.30. The number of anilines is 1. The van der Waals surface area contributed by atoms with E-state index in [4.69, 9.17) is 25.5 Å². The van der Waals surface area contributed by atoms with Crippen molar-refractivity contribution in [2.75, 3.05) is 5.32 Å². The monoisotopic (exact) mass is 534 g/mol. The normalized spacial score (nSPS) is 11.2. The Morgan fingerprint density at radius 2 is 1.68 bits per heavy atom. The fraction of sp³-hybridized carbons (Fsp3) is 0.207. The summed E-state index contributed by atoms with van der Waals surface area (Å²) < 4.78 is 17.2. The van der Waals surface area contributed by atoms with Crippen molar-refractivity contribution in [1.29, 1.82) is 0 Å². The predicted octanol–water partition coefficient (Wildman–Crippen LogP) is 8.07. The number of nitrogens with one attached hydrogen (secondary N) is 1. The first-order valence-electron chi connectivity index (χ1n) is 11.8. The summed E-state index contributed by atoms with van der Waals surface area (Å²) in [4.78, 5) is 23.7. The minimum absolute atomic E-state index is 0.0361. The number of benzene rings is 3. The minimum atomic E-state index is -0.570. The van der Waals surface area contributed by atoms with E-state index >= 15 is 0 Å². The van der Waals surface area contributed by atoms with Gasteiger partial charge in [-0.3, -0.25) is 14.9 Å². The van der Waals surface area contributed by atoms with Gasteiger partial charge < -0.3 is 19.2 Å². The van der Waals surface area contributed by atoms with E-state index in [2.05, 4.69) is 26.1 Å². The summed E-state index contributed by atoms with van der Waals surface area (Å²) in [5.74, 6) is 1.24. The van der Waals surface area contributed by atoms with Gasteiger partial charge in [0.2, 0.25) is 0 Å². The zero-order chi connectivity index (χ0) is 27.4. The van der Waals surface area contributed by atoms with E-state index in [1.807, 2.05) is 31.2 Å². The van der Waals surface area contributed by atoms with Crippen molar-refractivity contribution in [3.05, 3.63) is 111 Å². The summed E-state index contributed by atoms with van der Waals surface area (Å²) >= 11 is 6.06. The Morgan fingerprint density at radius 3 is 2.34 bits per heavy atom. The largest absolute Gasteiger partial charge is 0.486 e. The van der Waals surface area contributed by atoms with Crippen molar-refractivity contribution in [1.82, 2.24) is 0 Å². The third kappa shape index (κ3) is 6.72. The smallest absolute Gasteiger partial charge is 0.291 e. The number of nitrogens with zero attached hydrogens (tertiary/aromatic N) is 1. The second-order valence-electron chi connectivity index (χ2n) is 9.77. The molecule has 1 amide bonds. The molecule has 0 fully saturated rings. The first-order valence-corrected chi connectivity index (χ1v) is 12.2. The third-order valence-corrected chi connectivity index (χ3v) is 6.14. The summed E-state index contributed by atoms with van der Waals surface area (Å²) in [6.07, 6.45) is 0. The molecular weight excluding hydrogens is 508 g/mol. The Kier molecular flexibility index (Phi) is 7.73. The zero-order valence-corrected chi connectivity index (χ0v) is 22.2. The number of carbonyl (C=O) groups excluding carboxylic acids is 1. The van der Waals surface area contributed by atoms with Gasteiger partial charge >= 0.3 is 0 Å². The molecule has 4 aromatic rings. The van der Waals surface area contributed by atoms with Crippen LogP contribution < -0.4 is 14.8 Å². The first-order chi connectivity index (χ1) is 18.0. The average Bonchev–Trinajstić information content (AvgIpc) is 3.34. The van der Waals surface area contributed by atoms with Crippen LogP contribution in [-0.2, 0) is 12.0 Å². The van der Waals surface area contributed by atoms with E-state index in [-0.39, 0.29) is 34.9 Å². The topological polar surface area (TPSA) is 104 Å². The number of non-ortho nitro benzene ring substituents is 1. The van der Waals surface area contributed by atoms with Crippen molar-refractivity contribution in [2.45, 2.75) is 39.7 Å². The van der Waals surface area contributed by atoms with E-state index in [1.54, 1.807) is 24.3 Å². The Balaban J connectivity index is 1.43. The Morgan fingerprint density at radius 1 is 0.974 bits per heavy atom. The van der Waals surface area contributed by atoms with Crippen LogP contribution in [0, 0.1) is 17.0 Å². The molecule has 0 aliphatic heterocycles. The average molecular weight is 535 g/mol. The van der Waals surface area contributed by atoms with E-state index in [9.17, 15) is 14.9 Å². The maximum atomic E-state index is 12.8. The van der Waals surface area contributed by atoms with Gasteiger partial charge in [-0.05, 0) is 65.9 Å². The second kappa shape index (κ2) is 11.0. The molecule has 196 valence electrons. The number of amides is 1. The van der Waals surface area contributed by atoms with E-state index < -0.39 is 10.8 Å². The standard InChI is InChI=1S/C29H27ClN2O6/c1-18-13-23(9-11-26(18)30)37-25-15-20(14-21(16-25)32(34)35)31-28(33)27-12-10-24(38-27)17-36-22-7-5-19(6-8-22)29(2,3)4/h5-16H,17H2,1-4H3,(H,31,33). The summed E-state index contributed by atoms with van der Waals surface area (Å²) in [7, 11) is 0. The highest BCUT2D eigenvalue weighted by molar-refractivity contribution is 6.31. The number of aryl methyl sites for hydroxylation is 1. The van der Waals surface area contributed by atoms with Crippen LogP contribution in [0.3, 0.4) is 0 Å². The van der Waals surface area contributed by atoms with Gasteiger partial charge in [-0.1, -0.05) is 44.5 Å². The quantitative estimate of drug-likeness (QED) is 0.181. The van der Waals surface area contributed by atoms with Crippen LogP contribution in [0.2, 0.25) is 5.02 Å². The molecule has 4 rings (SSSR count). The maximum Gasteiger partial charge on any atom is 0.291 e. The van der Waals surface area contributed by atoms with Crippen LogP contribution >= 0.6 is 11.6 Å². The van der Waals surface area contributed by atoms with E-state index in [0.29, 0.717) is 22.3 Å². The number of furan rings is 1. The van der Waals surface area contributed by atoms with Crippen molar-refractivity contribution in [2.24, 2.45) is 0 Å². The lowest BCUT2D eigenvalue weighted by atomic mass is 9.87. The Bertz CT molecular complexity index is 1470. The number of carbonyl (C=O) groups is 1. The van der Waals surface area contributed by atoms with Gasteiger partial charge in [-0.15, -0.1) is 0 Å². The molecule has 0 aliphatic carbocycles. The molecule has 0 atom stereocenters. The van der Waals surface area contributed by atoms with E-state index in [1.165, 1.54) is 29.8 Å². The number of nitro benzene ring substituents is 1. The molecule has 0 spiro atoms. The van der Waals surface area contributed by atoms with Gasteiger partial charge in [-0.25, -0.2) is 0 Å². The number of nitro groups is 1. The molecule has 1 N–H and O–H groups in total. The van der Waals surface area contributed by atoms with Gasteiger partial charge in [0, 0.05) is 17.2 Å². The highest BCUT2D eigenvalue weighted by atomic mass is 35.5. The lowest BCUT2D eigenvalue weighted by Gasteiger charge is -2.19. The molecule has 0 saturated carbocycles. The molecule has 0 radical (unpaired) electrons. The molecule has 9 heteroatoms. The molecular formula is C29H27ClN2O6. The van der Waals surface area contributed by atoms with E-state index in [0.717, 1.165) is 5.56 Å². The lowest BCUT2D eigenvalue weighted by Crippen LogP contribution is -2.11. The number of rotatable bonds is 8. The van der Waals surface area contributed by atoms with Crippen LogP contribution in [0.15, 0.2) is 77.2 Å². The fourth-order valence-corrected chi connectivity index (χ4v) is 3.73. The predicted molar refractivity (Wildman–Crippen MR) is 145 cm³/mol. The molecule has 3 aromatic carbocycles. The molecule has 0 bridgehead atoms. The SMILES string of the molecule is Cc1cc(Oc2cc(NC(=O)c3ccc(COc4ccc(C(C)(C)C)cc4)o3)cc([N+](=O)[O-])c2)ccc1Cl. The highest BCUT2D eigenvalue weighted by Gasteiger charge is 2.17. The molecule has 1 heterocycles. The highest BCUT2D eigenvalue weighted by Crippen LogP contribution is 2.32. The minimum Gasteiger partial charge on any atom is -0.486 e. The molecule has 8 nitrogen and oxygen atoms in total. The van der Waals surface area contributed by atoms with Gasteiger partial charge in [0.1, 0.15) is 29.6 Å². The lowest BCUT2D eigenvalue weighted by molar-refractivity contribution is -0.384. The molecule has 0 aliphatic rings. The van der Waals surface area contributed by atoms with Crippen LogP contribution in [0.1, 0.15) is 48.2 Å². The van der Waals surface area contributed by atoms with Crippen molar-refractivity contribution >= 4 is 28.9 Å². The van der Waals surface area contributed by atoms with Gasteiger partial charge in [0.05, 0.1) is 16.7 Å². The Labute approximate surface area is 225 Å². The molecule has 0 unspecified atom stereocenters. The van der Waals surface area contributed by atoms with Crippen molar-refractivity contribution in [3.63, 3.8) is 0 Å². The van der Waals surface area contributed by atoms with Gasteiger partial charge in [0.25, 0.3) is 11.6 Å². The fourth-order valence-electron chi connectivity index (χ4n) is 3.61. The summed E-state index contributed by atoms with van der Waals surface area (Å²) in [6.45, 7) is 8.37. The molecule has 0 saturated heterocycles. The number of halogens is 1. The maximum absolute atomic E-state index is 12.8. The summed E-state index contributed by atoms with van der Waals surface area (Å²) in [6, 6.07) is 20.0. The number of hydrogen-bond acceptors (Lipinski definition) is 6. The van der Waals surface area contributed by atoms with Crippen LogP contribution in [-0.4, -0.2) is 10.8 Å². The van der Waals surface area contributed by atoms with Crippen LogP contribution in [0.5, 0.6) is 17.2 Å². The number of ether oxygens (including phenoxy) is 2. The summed E-state index contributed by atoms with van der Waals surface area (Å²) in [5.41, 5.74) is 1.97. The van der Waals surface area contributed by atoms with Crippen molar-refractivity contribution in [3.8, 4) is 17.2 Å². The first kappa shape index (κ1) is 26.8. The number of hydrogen-bond donors (Lipinski definition) is 1. The third-order valence-electron chi connectivity index (χ3n) is 5.71. The molecule has 38 heavy (non-hydrogen) atoms. The van der Waals surface area contributed by atoms with Gasteiger partial charge in [-0.2, -0.15) is 0 Å². The summed E-state index contributed by atoms with van der Waals surface area (Å²) in [5, 5.41) is 14.7. The van der Waals surface area contributed by atoms with Crippen LogP contribution in [0.25, 0.3) is 0 Å².